The fourth-order valence-electron chi connectivity index (χ4n) is 3.87. The van der Waals surface area contributed by atoms with Crippen LogP contribution < -0.4 is 10.9 Å². The Morgan fingerprint density at radius 3 is 2.70 bits per heavy atom. The number of aryl methyl sites for hydroxylation is 2. The second kappa shape index (κ2) is 8.57. The summed E-state index contributed by atoms with van der Waals surface area (Å²) < 4.78 is 8.61. The molecule has 0 saturated carbocycles. The molecular weight excluding hydrogens is 380 g/mol. The van der Waals surface area contributed by atoms with Crippen molar-refractivity contribution in [3.8, 4) is 0 Å². The van der Waals surface area contributed by atoms with Crippen molar-refractivity contribution >= 4 is 22.5 Å². The molecule has 0 aliphatic carbocycles. The summed E-state index contributed by atoms with van der Waals surface area (Å²) in [7, 11) is 0. The lowest BCUT2D eigenvalue weighted by atomic mass is 10.1. The van der Waals surface area contributed by atoms with Crippen molar-refractivity contribution in [3.63, 3.8) is 0 Å². The van der Waals surface area contributed by atoms with Gasteiger partial charge >= 0.3 is 0 Å². The van der Waals surface area contributed by atoms with Crippen LogP contribution >= 0.6 is 0 Å². The van der Waals surface area contributed by atoms with Gasteiger partial charge in [-0.05, 0) is 24.8 Å². The number of carbonyl (C=O) groups is 1. The molecule has 1 aromatic carbocycles. The van der Waals surface area contributed by atoms with Crippen LogP contribution in [0, 0.1) is 0 Å². The predicted molar refractivity (Wildman–Crippen MR) is 116 cm³/mol. The molecule has 7 nitrogen and oxygen atoms in total. The molecule has 156 valence electrons. The number of furan rings is 1. The van der Waals surface area contributed by atoms with Crippen molar-refractivity contribution in [1.29, 1.82) is 0 Å². The van der Waals surface area contributed by atoms with E-state index < -0.39 is 6.04 Å². The normalized spacial score (nSPS) is 12.5. The quantitative estimate of drug-likeness (QED) is 0.454. The van der Waals surface area contributed by atoms with Crippen LogP contribution in [0.1, 0.15) is 44.1 Å². The van der Waals surface area contributed by atoms with Gasteiger partial charge in [-0.15, -0.1) is 0 Å². The molecule has 0 aliphatic heterocycles. The summed E-state index contributed by atoms with van der Waals surface area (Å²) in [4.78, 5) is 26.0. The zero-order valence-corrected chi connectivity index (χ0v) is 17.3. The molecule has 3 aromatic heterocycles. The minimum absolute atomic E-state index is 0.179. The van der Waals surface area contributed by atoms with Gasteiger partial charge < -0.3 is 9.73 Å². The highest BCUT2D eigenvalue weighted by Gasteiger charge is 2.24. The summed E-state index contributed by atoms with van der Waals surface area (Å²) in [5, 5.41) is 7.53. The molecule has 0 bridgehead atoms. The number of nitrogens with zero attached hydrogens (tertiary/aromatic N) is 3. The van der Waals surface area contributed by atoms with Crippen molar-refractivity contribution in [2.24, 2.45) is 0 Å². The summed E-state index contributed by atoms with van der Waals surface area (Å²) in [6, 6.07) is 13.1. The van der Waals surface area contributed by atoms with Gasteiger partial charge in [0.05, 0.1) is 11.8 Å². The number of aromatic nitrogens is 3. The van der Waals surface area contributed by atoms with E-state index in [0.717, 1.165) is 24.2 Å². The number of hydrogen-bond acceptors (Lipinski definition) is 4. The lowest BCUT2D eigenvalue weighted by molar-refractivity contribution is -0.124. The molecule has 1 atom stereocenters. The van der Waals surface area contributed by atoms with E-state index >= 15 is 0 Å². The highest BCUT2D eigenvalue weighted by atomic mass is 16.3. The Balaban J connectivity index is 1.55. The number of amides is 1. The molecule has 3 heterocycles. The summed E-state index contributed by atoms with van der Waals surface area (Å²) in [6.07, 6.45) is 4.43. The molecule has 0 aliphatic rings. The molecule has 0 fully saturated rings. The van der Waals surface area contributed by atoms with Crippen molar-refractivity contribution in [1.82, 2.24) is 19.5 Å². The number of nitrogens with one attached hydrogen (secondary N) is 1. The van der Waals surface area contributed by atoms with Crippen LogP contribution in [0.2, 0.25) is 0 Å². The zero-order valence-electron chi connectivity index (χ0n) is 17.3. The highest BCUT2D eigenvalue weighted by molar-refractivity contribution is 5.83. The molecule has 30 heavy (non-hydrogen) atoms. The third-order valence-corrected chi connectivity index (χ3v) is 5.42. The maximum atomic E-state index is 13.1. The molecule has 1 N–H and O–H groups in total. The fraction of sp³-hybridized carbons (Fsp3) is 0.348. The Bertz CT molecular complexity index is 1220. The van der Waals surface area contributed by atoms with Crippen molar-refractivity contribution < 1.29 is 9.21 Å². The standard InChI is InChI=1S/C23H26N4O3/c1-3-17(22(28)24-13-8-11-16-9-6-5-7-10-16)27-23(29)19-15-20-18(12-14-30-20)26(19)21(4-2)25-27/h5-7,9-10,12,14-15,17H,3-4,8,11,13H2,1-2H3,(H,24,28)/t17-/m1/s1. The van der Waals surface area contributed by atoms with Gasteiger partial charge in [0.2, 0.25) is 5.91 Å². The van der Waals surface area contributed by atoms with E-state index in [2.05, 4.69) is 22.5 Å². The second-order valence-electron chi connectivity index (χ2n) is 7.36. The van der Waals surface area contributed by atoms with Gasteiger partial charge in [-0.2, -0.15) is 5.10 Å². The first-order valence-electron chi connectivity index (χ1n) is 10.5. The highest BCUT2D eigenvalue weighted by Crippen LogP contribution is 2.21. The summed E-state index contributed by atoms with van der Waals surface area (Å²) in [5.41, 5.74) is 2.89. The summed E-state index contributed by atoms with van der Waals surface area (Å²) in [6.45, 7) is 4.43. The first-order valence-corrected chi connectivity index (χ1v) is 10.5. The van der Waals surface area contributed by atoms with E-state index in [9.17, 15) is 9.59 Å². The van der Waals surface area contributed by atoms with E-state index in [1.54, 1.807) is 12.3 Å². The van der Waals surface area contributed by atoms with Crippen LogP contribution in [0.5, 0.6) is 0 Å². The summed E-state index contributed by atoms with van der Waals surface area (Å²) in [5.74, 6) is 0.540. The summed E-state index contributed by atoms with van der Waals surface area (Å²) >= 11 is 0. The maximum Gasteiger partial charge on any atom is 0.291 e. The fourth-order valence-corrected chi connectivity index (χ4v) is 3.87. The molecule has 4 aromatic rings. The van der Waals surface area contributed by atoms with Gasteiger partial charge in [0.1, 0.15) is 17.4 Å². The molecule has 1 amide bonds. The Morgan fingerprint density at radius 2 is 1.97 bits per heavy atom. The average Bonchev–Trinajstić information content (AvgIpc) is 3.36. The minimum atomic E-state index is -0.647. The lowest BCUT2D eigenvalue weighted by Gasteiger charge is -2.18. The molecule has 7 heteroatoms. The van der Waals surface area contributed by atoms with Crippen molar-refractivity contribution in [2.75, 3.05) is 6.54 Å². The molecule has 0 radical (unpaired) electrons. The van der Waals surface area contributed by atoms with Crippen LogP contribution in [-0.2, 0) is 17.6 Å². The second-order valence-corrected chi connectivity index (χ2v) is 7.36. The smallest absolute Gasteiger partial charge is 0.291 e. The largest absolute Gasteiger partial charge is 0.463 e. The molecule has 0 saturated heterocycles. The Kier molecular flexibility index (Phi) is 5.70. The van der Waals surface area contributed by atoms with Gasteiger partial charge in [-0.1, -0.05) is 44.2 Å². The number of benzene rings is 1. The average molecular weight is 406 g/mol. The monoisotopic (exact) mass is 406 g/mol. The molecule has 4 rings (SSSR count). The maximum absolute atomic E-state index is 13.1. The van der Waals surface area contributed by atoms with Crippen LogP contribution in [0.4, 0.5) is 0 Å². The molecular formula is C23H26N4O3. The van der Waals surface area contributed by atoms with Crippen LogP contribution in [-0.4, -0.2) is 26.6 Å². The van der Waals surface area contributed by atoms with E-state index in [4.69, 9.17) is 4.42 Å². The van der Waals surface area contributed by atoms with Crippen molar-refractivity contribution in [2.45, 2.75) is 45.6 Å². The van der Waals surface area contributed by atoms with E-state index in [1.165, 1.54) is 10.2 Å². The SMILES string of the molecule is CCc1nn([C@H](CC)C(=O)NCCCc2ccccc2)c(=O)c2cc3occc3n12. The predicted octanol–water partition coefficient (Wildman–Crippen LogP) is 3.50. The van der Waals surface area contributed by atoms with Gasteiger partial charge in [-0.25, -0.2) is 4.68 Å². The third kappa shape index (κ3) is 3.63. The number of fused-ring (bicyclic) bond motifs is 3. The first kappa shape index (κ1) is 19.9. The van der Waals surface area contributed by atoms with Crippen molar-refractivity contribution in [3.05, 3.63) is 70.5 Å². The zero-order chi connectivity index (χ0) is 21.1. The van der Waals surface area contributed by atoms with E-state index in [0.29, 0.717) is 30.5 Å². The van der Waals surface area contributed by atoms with Crippen LogP contribution in [0.15, 0.2) is 57.9 Å². The van der Waals surface area contributed by atoms with E-state index in [1.807, 2.05) is 42.5 Å². The number of rotatable bonds is 8. The topological polar surface area (TPSA) is 81.5 Å². The Labute approximate surface area is 174 Å². The Morgan fingerprint density at radius 1 is 1.17 bits per heavy atom. The van der Waals surface area contributed by atoms with Gasteiger partial charge in [0.15, 0.2) is 5.58 Å². The van der Waals surface area contributed by atoms with Crippen LogP contribution in [0.25, 0.3) is 16.6 Å². The minimum Gasteiger partial charge on any atom is -0.463 e. The van der Waals surface area contributed by atoms with Gasteiger partial charge in [0.25, 0.3) is 5.56 Å². The number of hydrogen-bond donors (Lipinski definition) is 1. The molecule has 0 unspecified atom stereocenters. The lowest BCUT2D eigenvalue weighted by Crippen LogP contribution is -2.40. The number of carbonyl (C=O) groups excluding carboxylic acids is 1. The van der Waals surface area contributed by atoms with Crippen LogP contribution in [0.3, 0.4) is 0 Å². The molecule has 0 spiro atoms. The first-order chi connectivity index (χ1) is 14.6. The van der Waals surface area contributed by atoms with Gasteiger partial charge in [-0.3, -0.25) is 14.0 Å². The Hall–Kier alpha value is -3.35. The third-order valence-electron chi connectivity index (χ3n) is 5.42. The van der Waals surface area contributed by atoms with E-state index in [-0.39, 0.29) is 11.5 Å². The van der Waals surface area contributed by atoms with Gasteiger partial charge in [0, 0.05) is 25.1 Å².